The number of nitrogens with two attached hydrogens (primary N) is 1. The number of hydrogen-bond donors (Lipinski definition) is 2. The van der Waals surface area contributed by atoms with Crippen LogP contribution < -0.4 is 5.73 Å². The van der Waals surface area contributed by atoms with Gasteiger partial charge >= 0.3 is 0 Å². The Labute approximate surface area is 87.2 Å². The van der Waals surface area contributed by atoms with Crippen LogP contribution in [0.25, 0.3) is 0 Å². The van der Waals surface area contributed by atoms with Crippen LogP contribution in [-0.4, -0.2) is 11.1 Å². The monoisotopic (exact) mass is 212 g/mol. The Kier molecular flexibility index (Phi) is 3.95. The van der Waals surface area contributed by atoms with E-state index in [1.165, 1.54) is 23.9 Å². The predicted octanol–water partition coefficient (Wildman–Crippen LogP) is 2.63. The molecule has 0 radical (unpaired) electrons. The highest BCUT2D eigenvalue weighted by Gasteiger charge is 2.11. The van der Waals surface area contributed by atoms with Gasteiger partial charge in [0.2, 0.25) is 0 Å². The Morgan fingerprint density at radius 3 is 2.86 bits per heavy atom. The summed E-state index contributed by atoms with van der Waals surface area (Å²) in [4.78, 5) is 0.812. The van der Waals surface area contributed by atoms with Crippen LogP contribution >= 0.6 is 11.8 Å². The Morgan fingerprint density at radius 1 is 1.64 bits per heavy atom. The average Bonchev–Trinajstić information content (AvgIpc) is 2.14. The van der Waals surface area contributed by atoms with Gasteiger partial charge < -0.3 is 5.73 Å². The van der Waals surface area contributed by atoms with Gasteiger partial charge in [0.05, 0.1) is 5.25 Å². The van der Waals surface area contributed by atoms with Gasteiger partial charge in [0.1, 0.15) is 11.7 Å². The third kappa shape index (κ3) is 3.03. The molecule has 0 spiro atoms. The molecule has 0 fully saturated rings. The fourth-order valence-corrected chi connectivity index (χ4v) is 2.03. The van der Waals surface area contributed by atoms with Crippen LogP contribution in [0.1, 0.15) is 13.3 Å². The molecule has 1 aromatic rings. The molecule has 0 saturated heterocycles. The van der Waals surface area contributed by atoms with Gasteiger partial charge in [-0.15, -0.1) is 11.8 Å². The molecule has 0 saturated carbocycles. The number of nitrogens with one attached hydrogen (secondary N) is 1. The zero-order valence-electron chi connectivity index (χ0n) is 7.96. The fourth-order valence-electron chi connectivity index (χ4n) is 1.07. The number of benzene rings is 1. The van der Waals surface area contributed by atoms with Crippen molar-refractivity contribution in [3.8, 4) is 0 Å². The summed E-state index contributed by atoms with van der Waals surface area (Å²) in [5.74, 6) is -0.116. The number of amidine groups is 1. The third-order valence-corrected chi connectivity index (χ3v) is 3.19. The van der Waals surface area contributed by atoms with Crippen molar-refractivity contribution in [2.45, 2.75) is 23.5 Å². The molecule has 0 aliphatic rings. The fraction of sp³-hybridized carbons (Fsp3) is 0.300. The topological polar surface area (TPSA) is 49.9 Å². The maximum atomic E-state index is 12.8. The predicted molar refractivity (Wildman–Crippen MR) is 58.3 cm³/mol. The van der Waals surface area contributed by atoms with Crippen LogP contribution in [0, 0.1) is 11.2 Å². The third-order valence-electron chi connectivity index (χ3n) is 1.79. The van der Waals surface area contributed by atoms with Crippen LogP contribution in [0.15, 0.2) is 29.2 Å². The Hall–Kier alpha value is -1.03. The summed E-state index contributed by atoms with van der Waals surface area (Å²) in [6, 6.07) is 6.33. The number of halogens is 1. The molecular formula is C10H13FN2S. The lowest BCUT2D eigenvalue weighted by Crippen LogP contribution is -2.23. The van der Waals surface area contributed by atoms with Crippen LogP contribution in [0.3, 0.4) is 0 Å². The molecule has 0 bridgehead atoms. The SMILES string of the molecule is CCC(Sc1cccc(F)c1)C(=N)N. The molecule has 4 heteroatoms. The zero-order chi connectivity index (χ0) is 10.6. The van der Waals surface area contributed by atoms with Crippen molar-refractivity contribution in [1.82, 2.24) is 0 Å². The largest absolute Gasteiger partial charge is 0.387 e. The van der Waals surface area contributed by atoms with E-state index in [9.17, 15) is 4.39 Å². The van der Waals surface area contributed by atoms with E-state index in [4.69, 9.17) is 11.1 Å². The first-order valence-electron chi connectivity index (χ1n) is 4.39. The van der Waals surface area contributed by atoms with E-state index in [0.29, 0.717) is 0 Å². The van der Waals surface area contributed by atoms with Gasteiger partial charge in [0, 0.05) is 4.90 Å². The van der Waals surface area contributed by atoms with E-state index in [0.717, 1.165) is 11.3 Å². The van der Waals surface area contributed by atoms with Crippen molar-refractivity contribution in [2.24, 2.45) is 5.73 Å². The maximum absolute atomic E-state index is 12.8. The highest BCUT2D eigenvalue weighted by atomic mass is 32.2. The van der Waals surface area contributed by atoms with E-state index in [1.807, 2.05) is 13.0 Å². The minimum absolute atomic E-state index is 0.0585. The molecule has 0 aliphatic carbocycles. The van der Waals surface area contributed by atoms with Gasteiger partial charge in [-0.3, -0.25) is 5.41 Å². The van der Waals surface area contributed by atoms with Gasteiger partial charge in [-0.1, -0.05) is 13.0 Å². The summed E-state index contributed by atoms with van der Waals surface area (Å²) >= 11 is 1.42. The van der Waals surface area contributed by atoms with Gasteiger partial charge in [0.15, 0.2) is 0 Å². The Morgan fingerprint density at radius 2 is 2.36 bits per heavy atom. The van der Waals surface area contributed by atoms with Crippen molar-refractivity contribution < 1.29 is 4.39 Å². The van der Waals surface area contributed by atoms with Crippen LogP contribution in [-0.2, 0) is 0 Å². The summed E-state index contributed by atoms with van der Waals surface area (Å²) in [7, 11) is 0. The van der Waals surface area contributed by atoms with Crippen LogP contribution in [0.5, 0.6) is 0 Å². The van der Waals surface area contributed by atoms with E-state index < -0.39 is 0 Å². The van der Waals surface area contributed by atoms with Crippen LogP contribution in [0.4, 0.5) is 4.39 Å². The van der Waals surface area contributed by atoms with Crippen molar-refractivity contribution >= 4 is 17.6 Å². The Bertz CT molecular complexity index is 328. The molecule has 0 amide bonds. The molecule has 1 aromatic carbocycles. The highest BCUT2D eigenvalue weighted by Crippen LogP contribution is 2.25. The number of rotatable bonds is 4. The lowest BCUT2D eigenvalue weighted by molar-refractivity contribution is 0.624. The molecule has 2 nitrogen and oxygen atoms in total. The molecule has 14 heavy (non-hydrogen) atoms. The lowest BCUT2D eigenvalue weighted by Gasteiger charge is -2.12. The highest BCUT2D eigenvalue weighted by molar-refractivity contribution is 8.00. The van der Waals surface area contributed by atoms with Crippen molar-refractivity contribution in [2.75, 3.05) is 0 Å². The normalized spacial score (nSPS) is 12.4. The molecule has 1 atom stereocenters. The van der Waals surface area contributed by atoms with Crippen molar-refractivity contribution in [1.29, 1.82) is 5.41 Å². The molecule has 0 aliphatic heterocycles. The molecule has 76 valence electrons. The van der Waals surface area contributed by atoms with Gasteiger partial charge in [-0.25, -0.2) is 4.39 Å². The van der Waals surface area contributed by atoms with Gasteiger partial charge in [-0.2, -0.15) is 0 Å². The summed E-state index contributed by atoms with van der Waals surface area (Å²) in [5, 5.41) is 7.26. The smallest absolute Gasteiger partial charge is 0.124 e. The first-order valence-corrected chi connectivity index (χ1v) is 5.27. The minimum atomic E-state index is -0.256. The first kappa shape index (κ1) is 11.0. The first-order chi connectivity index (χ1) is 6.63. The van der Waals surface area contributed by atoms with Crippen molar-refractivity contribution in [3.63, 3.8) is 0 Å². The van der Waals surface area contributed by atoms with Crippen molar-refractivity contribution in [3.05, 3.63) is 30.1 Å². The number of hydrogen-bond acceptors (Lipinski definition) is 2. The summed E-state index contributed by atoms with van der Waals surface area (Å²) in [5.41, 5.74) is 5.40. The van der Waals surface area contributed by atoms with E-state index in [2.05, 4.69) is 0 Å². The second kappa shape index (κ2) is 5.00. The zero-order valence-corrected chi connectivity index (χ0v) is 8.77. The average molecular weight is 212 g/mol. The molecule has 0 aromatic heterocycles. The molecule has 1 unspecified atom stereocenters. The molecule has 0 heterocycles. The van der Waals surface area contributed by atoms with Gasteiger partial charge in [-0.05, 0) is 24.6 Å². The number of thioether (sulfide) groups is 1. The van der Waals surface area contributed by atoms with E-state index in [1.54, 1.807) is 6.07 Å². The summed E-state index contributed by atoms with van der Waals surface area (Å²) < 4.78 is 12.8. The molecule has 3 N–H and O–H groups in total. The quantitative estimate of drug-likeness (QED) is 0.458. The molecule has 1 rings (SSSR count). The van der Waals surface area contributed by atoms with E-state index >= 15 is 0 Å². The summed E-state index contributed by atoms with van der Waals surface area (Å²) in [6.07, 6.45) is 0.774. The Balaban J connectivity index is 2.72. The standard InChI is InChI=1S/C10H13FN2S/c1-2-9(10(12)13)14-8-5-3-4-7(11)6-8/h3-6,9H,2H2,1H3,(H3,12,13). The lowest BCUT2D eigenvalue weighted by atomic mass is 10.3. The maximum Gasteiger partial charge on any atom is 0.124 e. The minimum Gasteiger partial charge on any atom is -0.387 e. The van der Waals surface area contributed by atoms with E-state index in [-0.39, 0.29) is 16.9 Å². The second-order valence-electron chi connectivity index (χ2n) is 2.93. The summed E-state index contributed by atoms with van der Waals surface area (Å²) in [6.45, 7) is 1.96. The van der Waals surface area contributed by atoms with Gasteiger partial charge in [0.25, 0.3) is 0 Å². The van der Waals surface area contributed by atoms with Crippen LogP contribution in [0.2, 0.25) is 0 Å². The molecular weight excluding hydrogens is 199 g/mol. The second-order valence-corrected chi connectivity index (χ2v) is 4.20.